The Labute approximate surface area is 198 Å². The van der Waals surface area contributed by atoms with Crippen LogP contribution in [0.3, 0.4) is 0 Å². The van der Waals surface area contributed by atoms with E-state index < -0.39 is 0 Å². The van der Waals surface area contributed by atoms with E-state index in [0.717, 1.165) is 48.8 Å². The predicted octanol–water partition coefficient (Wildman–Crippen LogP) is 5.55. The molecule has 5 rings (SSSR count). The summed E-state index contributed by atoms with van der Waals surface area (Å²) < 4.78 is 18.3. The number of aryl methyl sites for hydroxylation is 1. The number of ether oxygens (including phenoxy) is 1. The molecule has 0 saturated carbocycles. The fourth-order valence-corrected chi connectivity index (χ4v) is 4.99. The van der Waals surface area contributed by atoms with Crippen LogP contribution in [0.1, 0.15) is 40.4 Å². The molecule has 0 amide bonds. The Bertz CT molecular complexity index is 1320. The van der Waals surface area contributed by atoms with E-state index in [-0.39, 0.29) is 11.8 Å². The van der Waals surface area contributed by atoms with Gasteiger partial charge in [-0.25, -0.2) is 9.18 Å². The van der Waals surface area contributed by atoms with Crippen molar-refractivity contribution in [2.45, 2.75) is 31.8 Å². The van der Waals surface area contributed by atoms with Crippen molar-refractivity contribution < 1.29 is 13.9 Å². The summed E-state index contributed by atoms with van der Waals surface area (Å²) in [5.41, 5.74) is 6.91. The van der Waals surface area contributed by atoms with E-state index in [4.69, 9.17) is 4.74 Å². The lowest BCUT2D eigenvalue weighted by atomic mass is 10.0. The van der Waals surface area contributed by atoms with Gasteiger partial charge in [-0.1, -0.05) is 18.2 Å². The highest BCUT2D eigenvalue weighted by molar-refractivity contribution is 5.87. The van der Waals surface area contributed by atoms with Crippen molar-refractivity contribution in [3.8, 4) is 0 Å². The lowest BCUT2D eigenvalue weighted by Crippen LogP contribution is -2.29. The molecule has 174 valence electrons. The first kappa shape index (κ1) is 22.2. The molecule has 1 aliphatic carbocycles. The third-order valence-corrected chi connectivity index (χ3v) is 6.70. The van der Waals surface area contributed by atoms with Crippen molar-refractivity contribution in [2.24, 2.45) is 0 Å². The number of methoxy groups -OCH3 is 1. The van der Waals surface area contributed by atoms with Gasteiger partial charge in [0.05, 0.1) is 7.11 Å². The Kier molecular flexibility index (Phi) is 6.32. The number of hydrogen-bond donors (Lipinski definition) is 2. The van der Waals surface area contributed by atoms with Crippen LogP contribution in [-0.2, 0) is 28.9 Å². The molecule has 2 heterocycles. The molecule has 2 aromatic carbocycles. The number of aromatic nitrogens is 2. The number of hydrogen-bond acceptors (Lipinski definition) is 3. The van der Waals surface area contributed by atoms with Gasteiger partial charge in [-0.2, -0.15) is 0 Å². The summed E-state index contributed by atoms with van der Waals surface area (Å²) in [6.45, 7) is 1.72. The van der Waals surface area contributed by atoms with Crippen LogP contribution in [-0.4, -0.2) is 34.5 Å². The van der Waals surface area contributed by atoms with Gasteiger partial charge < -0.3 is 14.7 Å². The van der Waals surface area contributed by atoms with E-state index in [9.17, 15) is 9.18 Å². The van der Waals surface area contributed by atoms with E-state index in [1.165, 1.54) is 41.6 Å². The van der Waals surface area contributed by atoms with Crippen molar-refractivity contribution >= 4 is 22.9 Å². The average molecular weight is 458 g/mol. The van der Waals surface area contributed by atoms with E-state index in [0.29, 0.717) is 6.04 Å². The Hall–Kier alpha value is -3.64. The number of esters is 1. The fraction of sp³-hybridized carbons (Fsp3) is 0.250. The first-order valence-corrected chi connectivity index (χ1v) is 11.6. The molecule has 5 nitrogen and oxygen atoms in total. The molecule has 2 N–H and O–H groups in total. The summed E-state index contributed by atoms with van der Waals surface area (Å²) in [6, 6.07) is 15.8. The quantitative estimate of drug-likeness (QED) is 0.269. The SMILES string of the molecule is COC(=O)C=Cc1ccc2c(c1)CCC2N(CCc1c[nH]c2cc(F)ccc12)Cc1ccc[nH]1. The van der Waals surface area contributed by atoms with Gasteiger partial charge in [-0.05, 0) is 77.9 Å². The van der Waals surface area contributed by atoms with Crippen LogP contribution in [0.5, 0.6) is 0 Å². The first-order chi connectivity index (χ1) is 16.6. The van der Waals surface area contributed by atoms with Crippen LogP contribution in [0.2, 0.25) is 0 Å². The fourth-order valence-electron chi connectivity index (χ4n) is 4.99. The standard InChI is InChI=1S/C28H28FN3O2/c1-34-28(33)11-5-19-4-8-25-20(15-19)6-10-27(25)32(18-23-3-2-13-30-23)14-12-21-17-31-26-16-22(29)7-9-24(21)26/h2-5,7-9,11,13,15-17,27,30-31H,6,10,12,14,18H2,1H3. The maximum absolute atomic E-state index is 13.6. The zero-order chi connectivity index (χ0) is 23.5. The van der Waals surface area contributed by atoms with Gasteiger partial charge in [-0.15, -0.1) is 0 Å². The lowest BCUT2D eigenvalue weighted by molar-refractivity contribution is -0.134. The molecule has 0 aliphatic heterocycles. The molecule has 1 aliphatic rings. The molecule has 34 heavy (non-hydrogen) atoms. The van der Waals surface area contributed by atoms with Crippen LogP contribution in [0, 0.1) is 5.82 Å². The molecule has 0 saturated heterocycles. The number of H-pyrrole nitrogens is 2. The second-order valence-corrected chi connectivity index (χ2v) is 8.79. The molecule has 0 radical (unpaired) electrons. The summed E-state index contributed by atoms with van der Waals surface area (Å²) >= 11 is 0. The zero-order valence-electron chi connectivity index (χ0n) is 19.2. The van der Waals surface area contributed by atoms with Gasteiger partial charge >= 0.3 is 5.97 Å². The van der Waals surface area contributed by atoms with Crippen molar-refractivity contribution in [1.82, 2.24) is 14.9 Å². The van der Waals surface area contributed by atoms with Gasteiger partial charge in [0.1, 0.15) is 5.82 Å². The van der Waals surface area contributed by atoms with Crippen molar-refractivity contribution in [1.29, 1.82) is 0 Å². The lowest BCUT2D eigenvalue weighted by Gasteiger charge is -2.29. The summed E-state index contributed by atoms with van der Waals surface area (Å²) in [4.78, 5) is 20.5. The number of halogens is 1. The van der Waals surface area contributed by atoms with Crippen molar-refractivity contribution in [2.75, 3.05) is 13.7 Å². The van der Waals surface area contributed by atoms with E-state index in [1.807, 2.05) is 24.5 Å². The van der Waals surface area contributed by atoms with Gasteiger partial charge in [0.25, 0.3) is 0 Å². The van der Waals surface area contributed by atoms with Crippen LogP contribution in [0.25, 0.3) is 17.0 Å². The molecular formula is C28H28FN3O2. The van der Waals surface area contributed by atoms with Crippen molar-refractivity contribution in [3.63, 3.8) is 0 Å². The zero-order valence-corrected chi connectivity index (χ0v) is 19.2. The molecule has 2 aromatic heterocycles. The Balaban J connectivity index is 1.37. The summed E-state index contributed by atoms with van der Waals surface area (Å²) in [5.74, 6) is -0.576. The average Bonchev–Trinajstić information content (AvgIpc) is 3.59. The normalized spacial score (nSPS) is 15.4. The number of benzene rings is 2. The minimum atomic E-state index is -0.351. The Morgan fingerprint density at radius 3 is 2.94 bits per heavy atom. The highest BCUT2D eigenvalue weighted by Crippen LogP contribution is 2.37. The van der Waals surface area contributed by atoms with E-state index in [2.05, 4.69) is 39.1 Å². The highest BCUT2D eigenvalue weighted by atomic mass is 19.1. The van der Waals surface area contributed by atoms with Crippen LogP contribution in [0.4, 0.5) is 4.39 Å². The highest BCUT2D eigenvalue weighted by Gasteiger charge is 2.28. The van der Waals surface area contributed by atoms with Crippen LogP contribution >= 0.6 is 0 Å². The van der Waals surface area contributed by atoms with Gasteiger partial charge in [0, 0.05) is 54.2 Å². The third-order valence-electron chi connectivity index (χ3n) is 6.70. The molecule has 0 bridgehead atoms. The van der Waals surface area contributed by atoms with Gasteiger partial charge in [-0.3, -0.25) is 4.90 Å². The van der Waals surface area contributed by atoms with E-state index in [1.54, 1.807) is 12.1 Å². The van der Waals surface area contributed by atoms with Gasteiger partial charge in [0.15, 0.2) is 0 Å². The molecule has 6 heteroatoms. The number of nitrogens with one attached hydrogen (secondary N) is 2. The number of nitrogens with zero attached hydrogens (tertiary/aromatic N) is 1. The molecule has 0 fully saturated rings. The summed E-state index contributed by atoms with van der Waals surface area (Å²) in [6.07, 6.45) is 10.2. The number of carbonyl (C=O) groups is 1. The maximum Gasteiger partial charge on any atom is 0.330 e. The number of aromatic amines is 2. The molecular weight excluding hydrogens is 429 g/mol. The minimum absolute atomic E-state index is 0.224. The monoisotopic (exact) mass is 457 g/mol. The van der Waals surface area contributed by atoms with E-state index >= 15 is 0 Å². The smallest absolute Gasteiger partial charge is 0.330 e. The predicted molar refractivity (Wildman–Crippen MR) is 132 cm³/mol. The number of rotatable bonds is 8. The summed E-state index contributed by atoms with van der Waals surface area (Å²) in [5, 5.41) is 1.08. The second kappa shape index (κ2) is 9.69. The third kappa shape index (κ3) is 4.68. The largest absolute Gasteiger partial charge is 0.466 e. The molecule has 0 spiro atoms. The van der Waals surface area contributed by atoms with Crippen molar-refractivity contribution in [3.05, 3.63) is 101 Å². The van der Waals surface area contributed by atoms with Crippen LogP contribution < -0.4 is 0 Å². The number of carbonyl (C=O) groups excluding carboxylic acids is 1. The summed E-state index contributed by atoms with van der Waals surface area (Å²) in [7, 11) is 1.38. The topological polar surface area (TPSA) is 61.1 Å². The Morgan fingerprint density at radius 2 is 2.12 bits per heavy atom. The second-order valence-electron chi connectivity index (χ2n) is 8.79. The Morgan fingerprint density at radius 1 is 1.21 bits per heavy atom. The first-order valence-electron chi connectivity index (χ1n) is 11.6. The van der Waals surface area contributed by atoms with Crippen LogP contribution in [0.15, 0.2) is 67.0 Å². The maximum atomic E-state index is 13.6. The number of fused-ring (bicyclic) bond motifs is 2. The molecule has 4 aromatic rings. The molecule has 1 atom stereocenters. The van der Waals surface area contributed by atoms with Gasteiger partial charge in [0.2, 0.25) is 0 Å². The minimum Gasteiger partial charge on any atom is -0.466 e. The molecule has 1 unspecified atom stereocenters.